The van der Waals surface area contributed by atoms with E-state index in [0.717, 1.165) is 4.57 Å². The van der Waals surface area contributed by atoms with Crippen molar-refractivity contribution in [3.8, 4) is 0 Å². The Labute approximate surface area is 88.6 Å². The van der Waals surface area contributed by atoms with E-state index in [1.807, 2.05) is 0 Å². The van der Waals surface area contributed by atoms with Crippen LogP contribution in [0.15, 0.2) is 5.16 Å². The van der Waals surface area contributed by atoms with E-state index in [0.29, 0.717) is 19.3 Å². The van der Waals surface area contributed by atoms with E-state index in [1.54, 1.807) is 0 Å². The maximum Gasteiger partial charge on any atom is 0.451 e. The van der Waals surface area contributed by atoms with E-state index >= 15 is 0 Å². The summed E-state index contributed by atoms with van der Waals surface area (Å²) >= 11 is 0. The number of aromatic nitrogens is 3. The maximum atomic E-state index is 12.5. The minimum atomic E-state index is -4.53. The molecule has 0 amide bonds. The van der Waals surface area contributed by atoms with E-state index in [1.165, 1.54) is 0 Å². The summed E-state index contributed by atoms with van der Waals surface area (Å²) in [6.45, 7) is 0.191. The van der Waals surface area contributed by atoms with Crippen LogP contribution in [0.2, 0.25) is 0 Å². The van der Waals surface area contributed by atoms with Crippen molar-refractivity contribution in [2.24, 2.45) is 5.16 Å². The molecule has 0 saturated carbocycles. The fraction of sp³-hybridized carbons (Fsp3) is 0.625. The first-order chi connectivity index (χ1) is 7.54. The average molecular weight is 234 g/mol. The van der Waals surface area contributed by atoms with Crippen LogP contribution in [0.5, 0.6) is 0 Å². The second-order valence-corrected chi connectivity index (χ2v) is 3.50. The van der Waals surface area contributed by atoms with Gasteiger partial charge in [-0.3, -0.25) is 0 Å². The van der Waals surface area contributed by atoms with E-state index < -0.39 is 12.0 Å². The molecule has 1 aliphatic heterocycles. The normalized spacial score (nSPS) is 19.6. The molecule has 1 aromatic heterocycles. The van der Waals surface area contributed by atoms with Crippen molar-refractivity contribution in [1.29, 1.82) is 0 Å². The van der Waals surface area contributed by atoms with Crippen molar-refractivity contribution in [3.63, 3.8) is 0 Å². The first kappa shape index (κ1) is 10.9. The Kier molecular flexibility index (Phi) is 2.56. The summed E-state index contributed by atoms with van der Waals surface area (Å²) in [4.78, 5) is 0. The topological polar surface area (TPSA) is 63.3 Å². The average Bonchev–Trinajstić information content (AvgIpc) is 2.53. The molecule has 0 unspecified atom stereocenters. The molecule has 0 aliphatic carbocycles. The Bertz CT molecular complexity index is 423. The van der Waals surface area contributed by atoms with Crippen molar-refractivity contribution in [2.45, 2.75) is 32.0 Å². The highest BCUT2D eigenvalue weighted by atomic mass is 19.4. The zero-order valence-electron chi connectivity index (χ0n) is 8.20. The fourth-order valence-corrected chi connectivity index (χ4v) is 1.71. The van der Waals surface area contributed by atoms with Crippen LogP contribution in [0.4, 0.5) is 13.2 Å². The summed E-state index contributed by atoms with van der Waals surface area (Å²) < 4.78 is 38.6. The van der Waals surface area contributed by atoms with Gasteiger partial charge in [-0.2, -0.15) is 13.2 Å². The molecule has 0 bridgehead atoms. The Morgan fingerprint density at radius 2 is 2.00 bits per heavy atom. The van der Waals surface area contributed by atoms with Crippen LogP contribution in [-0.4, -0.2) is 25.7 Å². The van der Waals surface area contributed by atoms with Gasteiger partial charge in [0.2, 0.25) is 5.82 Å². The predicted octanol–water partition coefficient (Wildman–Crippen LogP) is 1.66. The molecule has 1 aromatic rings. The highest BCUT2D eigenvalue weighted by molar-refractivity contribution is 5.97. The highest BCUT2D eigenvalue weighted by Crippen LogP contribution is 2.29. The van der Waals surface area contributed by atoms with Gasteiger partial charge in [0, 0.05) is 6.54 Å². The van der Waals surface area contributed by atoms with Crippen LogP contribution in [0.1, 0.15) is 30.9 Å². The van der Waals surface area contributed by atoms with Crippen LogP contribution in [0.3, 0.4) is 0 Å². The van der Waals surface area contributed by atoms with Gasteiger partial charge in [0.25, 0.3) is 0 Å². The maximum absolute atomic E-state index is 12.5. The summed E-state index contributed by atoms with van der Waals surface area (Å²) in [5.41, 5.74) is 0.153. The van der Waals surface area contributed by atoms with Gasteiger partial charge in [-0.05, 0) is 19.3 Å². The van der Waals surface area contributed by atoms with Gasteiger partial charge in [-0.15, -0.1) is 10.2 Å². The highest BCUT2D eigenvalue weighted by Gasteiger charge is 2.39. The molecule has 1 N–H and O–H groups in total. The number of oxime groups is 1. The first-order valence-electron chi connectivity index (χ1n) is 4.75. The molecule has 0 saturated heterocycles. The third kappa shape index (κ3) is 1.74. The summed E-state index contributed by atoms with van der Waals surface area (Å²) in [5.74, 6) is -1.03. The van der Waals surface area contributed by atoms with E-state index in [4.69, 9.17) is 5.21 Å². The van der Waals surface area contributed by atoms with Gasteiger partial charge in [0.15, 0.2) is 5.82 Å². The molecule has 0 spiro atoms. The Balaban J connectivity index is 2.52. The molecule has 88 valence electrons. The number of halogens is 3. The molecule has 1 aliphatic rings. The van der Waals surface area contributed by atoms with E-state index in [9.17, 15) is 13.2 Å². The van der Waals surface area contributed by atoms with Crippen molar-refractivity contribution in [1.82, 2.24) is 14.8 Å². The molecule has 8 heteroatoms. The van der Waals surface area contributed by atoms with Gasteiger partial charge >= 0.3 is 6.18 Å². The third-order valence-electron chi connectivity index (χ3n) is 2.43. The smallest absolute Gasteiger partial charge is 0.411 e. The van der Waals surface area contributed by atoms with Gasteiger partial charge < -0.3 is 9.77 Å². The lowest BCUT2D eigenvalue weighted by atomic mass is 10.2. The monoisotopic (exact) mass is 234 g/mol. The van der Waals surface area contributed by atoms with Crippen LogP contribution in [0, 0.1) is 0 Å². The van der Waals surface area contributed by atoms with Crippen LogP contribution in [0.25, 0.3) is 0 Å². The number of alkyl halides is 3. The number of rotatable bonds is 0. The first-order valence-corrected chi connectivity index (χ1v) is 4.75. The van der Waals surface area contributed by atoms with E-state index in [2.05, 4.69) is 15.4 Å². The second-order valence-electron chi connectivity index (χ2n) is 3.50. The number of fused-ring (bicyclic) bond motifs is 1. The molecule has 0 aromatic carbocycles. The second kappa shape index (κ2) is 3.76. The van der Waals surface area contributed by atoms with Crippen molar-refractivity contribution in [2.75, 3.05) is 0 Å². The molecule has 5 nitrogen and oxygen atoms in total. The molecule has 0 atom stereocenters. The van der Waals surface area contributed by atoms with Gasteiger partial charge in [0.1, 0.15) is 5.71 Å². The van der Waals surface area contributed by atoms with Crippen LogP contribution >= 0.6 is 0 Å². The van der Waals surface area contributed by atoms with Gasteiger partial charge in [0.05, 0.1) is 0 Å². The SMILES string of the molecule is O/N=C1/CCCCn2c1nnc2C(F)(F)F. The zero-order chi connectivity index (χ0) is 11.8. The van der Waals surface area contributed by atoms with Crippen molar-refractivity contribution >= 4 is 5.71 Å². The molecule has 16 heavy (non-hydrogen) atoms. The molecular weight excluding hydrogens is 225 g/mol. The summed E-state index contributed by atoms with van der Waals surface area (Å²) in [6.07, 6.45) is -2.88. The van der Waals surface area contributed by atoms with Crippen LogP contribution in [-0.2, 0) is 12.7 Å². The summed E-state index contributed by atoms with van der Waals surface area (Å²) in [7, 11) is 0. The minimum absolute atomic E-state index is 0.00678. The fourth-order valence-electron chi connectivity index (χ4n) is 1.71. The van der Waals surface area contributed by atoms with E-state index in [-0.39, 0.29) is 18.1 Å². The molecule has 2 rings (SSSR count). The lowest BCUT2D eigenvalue weighted by molar-refractivity contribution is -0.147. The third-order valence-corrected chi connectivity index (χ3v) is 2.43. The number of nitrogens with zero attached hydrogens (tertiary/aromatic N) is 4. The largest absolute Gasteiger partial charge is 0.451 e. The van der Waals surface area contributed by atoms with Gasteiger partial charge in [-0.25, -0.2) is 0 Å². The summed E-state index contributed by atoms with van der Waals surface area (Å²) in [5, 5.41) is 18.2. The zero-order valence-corrected chi connectivity index (χ0v) is 8.20. The molecular formula is C8H9F3N4O. The molecule has 2 heterocycles. The standard InChI is InChI=1S/C8H9F3N4O/c9-8(10,11)7-13-12-6-5(14-16)3-1-2-4-15(6)7/h16H,1-4H2/b14-5-. The lowest BCUT2D eigenvalue weighted by Crippen LogP contribution is -2.17. The lowest BCUT2D eigenvalue weighted by Gasteiger charge is -2.08. The minimum Gasteiger partial charge on any atom is -0.411 e. The predicted molar refractivity (Wildman–Crippen MR) is 47.2 cm³/mol. The quantitative estimate of drug-likeness (QED) is 0.548. The molecule has 0 radical (unpaired) electrons. The molecule has 0 fully saturated rings. The Morgan fingerprint density at radius 1 is 1.25 bits per heavy atom. The number of hydrogen-bond acceptors (Lipinski definition) is 4. The Hall–Kier alpha value is -1.60. The van der Waals surface area contributed by atoms with Crippen molar-refractivity contribution in [3.05, 3.63) is 11.6 Å². The summed E-state index contributed by atoms with van der Waals surface area (Å²) in [6, 6.07) is 0. The van der Waals surface area contributed by atoms with Crippen molar-refractivity contribution < 1.29 is 18.4 Å². The van der Waals surface area contributed by atoms with Gasteiger partial charge in [-0.1, -0.05) is 5.16 Å². The number of hydrogen-bond donors (Lipinski definition) is 1. The Morgan fingerprint density at radius 3 is 2.62 bits per heavy atom. The van der Waals surface area contributed by atoms with Crippen LogP contribution < -0.4 is 0 Å².